The van der Waals surface area contributed by atoms with E-state index in [4.69, 9.17) is 9.88 Å². The highest BCUT2D eigenvalue weighted by Gasteiger charge is 2.19. The van der Waals surface area contributed by atoms with E-state index < -0.39 is 28.0 Å². The number of benzene rings is 2. The standard InChI is InChI=1S/C18H20N2O5S2/c1-12(25-18(22)14-8-6-13(7-9-14)11-26-2)17(21)20-15-4-3-5-16(10-15)27(19,23)24/h3-10,12H,11H2,1-2H3,(H,20,21)(H2,19,23,24)/t12-/m0/s1. The largest absolute Gasteiger partial charge is 0.449 e. The molecule has 2 aromatic rings. The van der Waals surface area contributed by atoms with Crippen LogP contribution in [0.4, 0.5) is 5.69 Å². The molecule has 1 atom stereocenters. The zero-order chi connectivity index (χ0) is 20.0. The molecule has 9 heteroatoms. The summed E-state index contributed by atoms with van der Waals surface area (Å²) in [4.78, 5) is 24.2. The molecule has 3 N–H and O–H groups in total. The third-order valence-electron chi connectivity index (χ3n) is 3.58. The number of carbonyl (C=O) groups excluding carboxylic acids is 2. The maximum atomic E-state index is 12.2. The number of anilines is 1. The molecule has 0 unspecified atom stereocenters. The van der Waals surface area contributed by atoms with Crippen molar-refractivity contribution >= 4 is 39.3 Å². The fourth-order valence-electron chi connectivity index (χ4n) is 2.18. The van der Waals surface area contributed by atoms with E-state index in [9.17, 15) is 18.0 Å². The molecular weight excluding hydrogens is 388 g/mol. The summed E-state index contributed by atoms with van der Waals surface area (Å²) in [6.45, 7) is 1.43. The van der Waals surface area contributed by atoms with Crippen molar-refractivity contribution in [1.82, 2.24) is 0 Å². The monoisotopic (exact) mass is 408 g/mol. The van der Waals surface area contributed by atoms with Gasteiger partial charge in [0.2, 0.25) is 10.0 Å². The second-order valence-electron chi connectivity index (χ2n) is 5.74. The third-order valence-corrected chi connectivity index (χ3v) is 5.12. The van der Waals surface area contributed by atoms with Crippen molar-refractivity contribution in [3.05, 3.63) is 59.7 Å². The van der Waals surface area contributed by atoms with Crippen molar-refractivity contribution < 1.29 is 22.7 Å². The molecule has 0 fully saturated rings. The number of nitrogens with two attached hydrogens (primary N) is 1. The number of sulfonamides is 1. The summed E-state index contributed by atoms with van der Waals surface area (Å²) in [5, 5.41) is 7.56. The average molecular weight is 409 g/mol. The van der Waals surface area contributed by atoms with Crippen molar-refractivity contribution in [2.75, 3.05) is 11.6 Å². The van der Waals surface area contributed by atoms with Crippen LogP contribution in [-0.4, -0.2) is 32.7 Å². The summed E-state index contributed by atoms with van der Waals surface area (Å²) in [6.07, 6.45) is 0.919. The Balaban J connectivity index is 2.00. The molecule has 2 rings (SSSR count). The fraction of sp³-hybridized carbons (Fsp3) is 0.222. The van der Waals surface area contributed by atoms with Crippen molar-refractivity contribution in [1.29, 1.82) is 0 Å². The van der Waals surface area contributed by atoms with E-state index in [2.05, 4.69) is 5.32 Å². The van der Waals surface area contributed by atoms with E-state index in [0.717, 1.165) is 11.3 Å². The van der Waals surface area contributed by atoms with E-state index in [1.807, 2.05) is 18.4 Å². The summed E-state index contributed by atoms with van der Waals surface area (Å²) < 4.78 is 27.9. The molecular formula is C18H20N2O5S2. The number of esters is 1. The Kier molecular flexibility index (Phi) is 7.00. The van der Waals surface area contributed by atoms with Gasteiger partial charge in [0.25, 0.3) is 5.91 Å². The summed E-state index contributed by atoms with van der Waals surface area (Å²) in [5.41, 5.74) is 1.66. The third kappa shape index (κ3) is 6.09. The van der Waals surface area contributed by atoms with E-state index in [1.54, 1.807) is 23.9 Å². The van der Waals surface area contributed by atoms with Crippen LogP contribution < -0.4 is 10.5 Å². The molecule has 0 aliphatic rings. The Labute approximate surface area is 162 Å². The van der Waals surface area contributed by atoms with Crippen LogP contribution in [0.15, 0.2) is 53.4 Å². The molecule has 0 saturated carbocycles. The minimum atomic E-state index is -3.88. The van der Waals surface area contributed by atoms with Gasteiger partial charge in [-0.3, -0.25) is 4.79 Å². The summed E-state index contributed by atoms with van der Waals surface area (Å²) in [7, 11) is -3.88. The molecule has 2 aromatic carbocycles. The zero-order valence-corrected chi connectivity index (χ0v) is 16.5. The quantitative estimate of drug-likeness (QED) is 0.680. The van der Waals surface area contributed by atoms with Crippen molar-refractivity contribution in [2.24, 2.45) is 5.14 Å². The molecule has 0 heterocycles. The average Bonchev–Trinajstić information content (AvgIpc) is 2.62. The van der Waals surface area contributed by atoms with Crippen molar-refractivity contribution in [3.63, 3.8) is 0 Å². The van der Waals surface area contributed by atoms with Gasteiger partial charge < -0.3 is 10.1 Å². The van der Waals surface area contributed by atoms with E-state index in [1.165, 1.54) is 31.2 Å². The van der Waals surface area contributed by atoms with Gasteiger partial charge in [-0.25, -0.2) is 18.4 Å². The fourth-order valence-corrected chi connectivity index (χ4v) is 3.27. The van der Waals surface area contributed by atoms with Crippen molar-refractivity contribution in [2.45, 2.75) is 23.7 Å². The number of thioether (sulfide) groups is 1. The highest BCUT2D eigenvalue weighted by molar-refractivity contribution is 7.97. The molecule has 0 aliphatic heterocycles. The lowest BCUT2D eigenvalue weighted by Crippen LogP contribution is -2.30. The number of hydrogen-bond acceptors (Lipinski definition) is 6. The predicted octanol–water partition coefficient (Wildman–Crippen LogP) is 2.38. The maximum absolute atomic E-state index is 12.2. The second kappa shape index (κ2) is 9.03. The Morgan fingerprint density at radius 1 is 1.19 bits per heavy atom. The SMILES string of the molecule is CSCc1ccc(C(=O)O[C@@H](C)C(=O)Nc2cccc(S(N)(=O)=O)c2)cc1. The first kappa shape index (κ1) is 20.9. The Hall–Kier alpha value is -2.36. The van der Waals surface area contributed by atoms with Gasteiger partial charge >= 0.3 is 5.97 Å². The molecule has 0 spiro atoms. The topological polar surface area (TPSA) is 116 Å². The molecule has 27 heavy (non-hydrogen) atoms. The molecule has 144 valence electrons. The van der Waals surface area contributed by atoms with Crippen LogP contribution in [0, 0.1) is 0 Å². The Morgan fingerprint density at radius 2 is 1.85 bits per heavy atom. The molecule has 0 bridgehead atoms. The number of amides is 1. The highest BCUT2D eigenvalue weighted by atomic mass is 32.2. The van der Waals surface area contributed by atoms with Gasteiger partial charge in [0, 0.05) is 11.4 Å². The summed E-state index contributed by atoms with van der Waals surface area (Å²) in [6, 6.07) is 12.4. The number of primary sulfonamides is 1. The van der Waals surface area contributed by atoms with Crippen LogP contribution >= 0.6 is 11.8 Å². The van der Waals surface area contributed by atoms with Gasteiger partial charge in [-0.05, 0) is 49.1 Å². The van der Waals surface area contributed by atoms with Crippen molar-refractivity contribution in [3.8, 4) is 0 Å². The lowest BCUT2D eigenvalue weighted by atomic mass is 10.1. The molecule has 1 amide bonds. The van der Waals surface area contributed by atoms with Crippen LogP contribution in [0.5, 0.6) is 0 Å². The van der Waals surface area contributed by atoms with E-state index >= 15 is 0 Å². The van der Waals surface area contributed by atoms with E-state index in [0.29, 0.717) is 5.56 Å². The normalized spacial score (nSPS) is 12.3. The number of carbonyl (C=O) groups is 2. The number of hydrogen-bond donors (Lipinski definition) is 2. The van der Waals surface area contributed by atoms with Gasteiger partial charge in [-0.15, -0.1) is 0 Å². The number of nitrogens with one attached hydrogen (secondary N) is 1. The highest BCUT2D eigenvalue weighted by Crippen LogP contribution is 2.15. The minimum Gasteiger partial charge on any atom is -0.449 e. The predicted molar refractivity (Wildman–Crippen MR) is 105 cm³/mol. The van der Waals surface area contributed by atoms with Crippen LogP contribution in [-0.2, 0) is 25.3 Å². The number of rotatable bonds is 7. The molecule has 0 aliphatic carbocycles. The van der Waals surface area contributed by atoms with Gasteiger partial charge in [-0.2, -0.15) is 11.8 Å². The minimum absolute atomic E-state index is 0.129. The smallest absolute Gasteiger partial charge is 0.338 e. The van der Waals surface area contributed by atoms with Gasteiger partial charge in [0.15, 0.2) is 6.10 Å². The van der Waals surface area contributed by atoms with Crippen LogP contribution in [0.1, 0.15) is 22.8 Å². The van der Waals surface area contributed by atoms with Crippen LogP contribution in [0.2, 0.25) is 0 Å². The molecule has 7 nitrogen and oxygen atoms in total. The van der Waals surface area contributed by atoms with Gasteiger partial charge in [-0.1, -0.05) is 18.2 Å². The molecule has 0 saturated heterocycles. The molecule has 0 aromatic heterocycles. The first-order valence-electron chi connectivity index (χ1n) is 7.93. The Morgan fingerprint density at radius 3 is 2.44 bits per heavy atom. The lowest BCUT2D eigenvalue weighted by Gasteiger charge is -2.14. The zero-order valence-electron chi connectivity index (χ0n) is 14.8. The number of ether oxygens (including phenoxy) is 1. The summed E-state index contributed by atoms with van der Waals surface area (Å²) in [5.74, 6) is -0.369. The maximum Gasteiger partial charge on any atom is 0.338 e. The van der Waals surface area contributed by atoms with E-state index in [-0.39, 0.29) is 10.6 Å². The van der Waals surface area contributed by atoms with Crippen LogP contribution in [0.3, 0.4) is 0 Å². The summed E-state index contributed by atoms with van der Waals surface area (Å²) >= 11 is 1.67. The first-order valence-corrected chi connectivity index (χ1v) is 10.9. The Bertz CT molecular complexity index is 927. The second-order valence-corrected chi connectivity index (χ2v) is 8.17. The lowest BCUT2D eigenvalue weighted by molar-refractivity contribution is -0.123. The van der Waals surface area contributed by atoms with Crippen LogP contribution in [0.25, 0.3) is 0 Å². The van der Waals surface area contributed by atoms with Gasteiger partial charge in [0.1, 0.15) is 0 Å². The molecule has 0 radical (unpaired) electrons. The van der Waals surface area contributed by atoms with Gasteiger partial charge in [0.05, 0.1) is 10.5 Å². The first-order chi connectivity index (χ1) is 12.7.